The summed E-state index contributed by atoms with van der Waals surface area (Å²) >= 11 is 11.9. The molecule has 1 fully saturated rings. The number of imide groups is 1. The van der Waals surface area contributed by atoms with Gasteiger partial charge in [-0.05, 0) is 30.5 Å². The van der Waals surface area contributed by atoms with E-state index in [0.717, 1.165) is 16.9 Å². The minimum atomic E-state index is -0.525. The van der Waals surface area contributed by atoms with Crippen LogP contribution in [0.25, 0.3) is 0 Å². The van der Waals surface area contributed by atoms with E-state index in [2.05, 4.69) is 10.6 Å². The third-order valence-corrected chi connectivity index (χ3v) is 4.30. The quantitative estimate of drug-likeness (QED) is 0.722. The molecule has 4 amide bonds. The second-order valence-electron chi connectivity index (χ2n) is 5.55. The van der Waals surface area contributed by atoms with Crippen molar-refractivity contribution in [3.8, 4) is 0 Å². The van der Waals surface area contributed by atoms with Crippen LogP contribution in [0.15, 0.2) is 18.2 Å². The SMILES string of the molecule is CCC[C@H]1NC(=O)N(CC(=O)NCCc2ccc(Cl)cc2Cl)C1=O. The van der Waals surface area contributed by atoms with Gasteiger partial charge in [-0.1, -0.05) is 42.6 Å². The van der Waals surface area contributed by atoms with Crippen LogP contribution in [-0.4, -0.2) is 41.9 Å². The van der Waals surface area contributed by atoms with Gasteiger partial charge in [0.1, 0.15) is 12.6 Å². The lowest BCUT2D eigenvalue weighted by molar-refractivity contribution is -0.132. The summed E-state index contributed by atoms with van der Waals surface area (Å²) < 4.78 is 0. The van der Waals surface area contributed by atoms with E-state index in [1.54, 1.807) is 18.2 Å². The first-order valence-electron chi connectivity index (χ1n) is 7.75. The van der Waals surface area contributed by atoms with E-state index in [1.165, 1.54) is 0 Å². The smallest absolute Gasteiger partial charge is 0.325 e. The van der Waals surface area contributed by atoms with E-state index in [1.807, 2.05) is 6.92 Å². The zero-order chi connectivity index (χ0) is 17.7. The highest BCUT2D eigenvalue weighted by Gasteiger charge is 2.38. The van der Waals surface area contributed by atoms with Crippen LogP contribution in [0.5, 0.6) is 0 Å². The molecule has 1 aromatic rings. The van der Waals surface area contributed by atoms with Crippen molar-refractivity contribution < 1.29 is 14.4 Å². The minimum Gasteiger partial charge on any atom is -0.354 e. The average molecular weight is 372 g/mol. The predicted molar refractivity (Wildman–Crippen MR) is 92.1 cm³/mol. The van der Waals surface area contributed by atoms with Gasteiger partial charge in [0.05, 0.1) is 0 Å². The van der Waals surface area contributed by atoms with Gasteiger partial charge in [0.25, 0.3) is 5.91 Å². The van der Waals surface area contributed by atoms with Crippen LogP contribution >= 0.6 is 23.2 Å². The molecule has 0 aromatic heterocycles. The van der Waals surface area contributed by atoms with Crippen molar-refractivity contribution in [2.45, 2.75) is 32.2 Å². The molecule has 1 saturated heterocycles. The largest absolute Gasteiger partial charge is 0.354 e. The normalized spacial score (nSPS) is 17.1. The fourth-order valence-electron chi connectivity index (χ4n) is 2.47. The summed E-state index contributed by atoms with van der Waals surface area (Å²) in [6.07, 6.45) is 1.87. The molecule has 0 radical (unpaired) electrons. The molecular formula is C16H19Cl2N3O3. The molecule has 24 heavy (non-hydrogen) atoms. The molecule has 0 spiro atoms. The lowest BCUT2D eigenvalue weighted by Crippen LogP contribution is -2.41. The predicted octanol–water partition coefficient (Wildman–Crippen LogP) is 2.37. The Bertz CT molecular complexity index is 651. The van der Waals surface area contributed by atoms with Gasteiger partial charge in [0, 0.05) is 16.6 Å². The van der Waals surface area contributed by atoms with E-state index < -0.39 is 12.1 Å². The van der Waals surface area contributed by atoms with Gasteiger partial charge in [0.15, 0.2) is 0 Å². The molecule has 1 aliphatic rings. The molecule has 0 unspecified atom stereocenters. The van der Waals surface area contributed by atoms with E-state index in [0.29, 0.717) is 29.4 Å². The number of carbonyl (C=O) groups is 3. The Balaban J connectivity index is 1.81. The second kappa shape index (κ2) is 8.35. The van der Waals surface area contributed by atoms with E-state index in [9.17, 15) is 14.4 Å². The van der Waals surface area contributed by atoms with Crippen molar-refractivity contribution in [2.24, 2.45) is 0 Å². The molecule has 0 saturated carbocycles. The molecule has 130 valence electrons. The van der Waals surface area contributed by atoms with Crippen LogP contribution in [0.1, 0.15) is 25.3 Å². The Morgan fingerprint density at radius 3 is 2.75 bits per heavy atom. The number of hydrogen-bond donors (Lipinski definition) is 2. The zero-order valence-electron chi connectivity index (χ0n) is 13.3. The summed E-state index contributed by atoms with van der Waals surface area (Å²) in [5, 5.41) is 6.35. The number of amides is 4. The summed E-state index contributed by atoms with van der Waals surface area (Å²) in [5.74, 6) is -0.738. The Kier molecular flexibility index (Phi) is 6.45. The Morgan fingerprint density at radius 1 is 1.33 bits per heavy atom. The summed E-state index contributed by atoms with van der Waals surface area (Å²) in [5.41, 5.74) is 0.861. The van der Waals surface area contributed by atoms with Crippen molar-refractivity contribution in [1.29, 1.82) is 0 Å². The summed E-state index contributed by atoms with van der Waals surface area (Å²) in [4.78, 5) is 36.7. The maximum atomic E-state index is 12.0. The highest BCUT2D eigenvalue weighted by molar-refractivity contribution is 6.35. The molecule has 2 N–H and O–H groups in total. The fourth-order valence-corrected chi connectivity index (χ4v) is 2.97. The lowest BCUT2D eigenvalue weighted by Gasteiger charge is -2.13. The molecule has 1 aromatic carbocycles. The van der Waals surface area contributed by atoms with E-state index in [4.69, 9.17) is 23.2 Å². The average Bonchev–Trinajstić information content (AvgIpc) is 2.77. The van der Waals surface area contributed by atoms with Gasteiger partial charge in [-0.15, -0.1) is 0 Å². The van der Waals surface area contributed by atoms with Crippen molar-refractivity contribution >= 4 is 41.0 Å². The van der Waals surface area contributed by atoms with Crippen LogP contribution < -0.4 is 10.6 Å². The topological polar surface area (TPSA) is 78.5 Å². The Labute approximate surface area is 150 Å². The molecule has 1 aliphatic heterocycles. The summed E-state index contributed by atoms with van der Waals surface area (Å²) in [6, 6.07) is 4.12. The van der Waals surface area contributed by atoms with Crippen LogP contribution in [0, 0.1) is 0 Å². The van der Waals surface area contributed by atoms with Crippen molar-refractivity contribution in [3.63, 3.8) is 0 Å². The van der Waals surface area contributed by atoms with E-state index in [-0.39, 0.29) is 18.4 Å². The standard InChI is InChI=1S/C16H19Cl2N3O3/c1-2-3-13-15(23)21(16(24)20-13)9-14(22)19-7-6-10-4-5-11(17)8-12(10)18/h4-5,8,13H,2-3,6-7,9H2,1H3,(H,19,22)(H,20,24)/t13-/m1/s1. The number of carbonyl (C=O) groups excluding carboxylic acids is 3. The van der Waals surface area contributed by atoms with Gasteiger partial charge >= 0.3 is 6.03 Å². The number of benzene rings is 1. The molecule has 8 heteroatoms. The Hall–Kier alpha value is -1.79. The number of urea groups is 1. The van der Waals surface area contributed by atoms with Gasteiger partial charge in [-0.3, -0.25) is 14.5 Å². The molecule has 6 nitrogen and oxygen atoms in total. The van der Waals surface area contributed by atoms with E-state index >= 15 is 0 Å². The maximum absolute atomic E-state index is 12.0. The first-order valence-corrected chi connectivity index (χ1v) is 8.50. The van der Waals surface area contributed by atoms with Crippen molar-refractivity contribution in [1.82, 2.24) is 15.5 Å². The molecule has 2 rings (SSSR count). The Morgan fingerprint density at radius 2 is 2.08 bits per heavy atom. The number of rotatable bonds is 7. The number of halogens is 2. The van der Waals surface area contributed by atoms with Gasteiger partial charge in [-0.2, -0.15) is 0 Å². The highest BCUT2D eigenvalue weighted by atomic mass is 35.5. The summed E-state index contributed by atoms with van der Waals surface area (Å²) in [7, 11) is 0. The molecule has 1 atom stereocenters. The molecule has 1 heterocycles. The van der Waals surface area contributed by atoms with Crippen molar-refractivity contribution in [2.75, 3.05) is 13.1 Å². The lowest BCUT2D eigenvalue weighted by atomic mass is 10.1. The number of nitrogens with one attached hydrogen (secondary N) is 2. The monoisotopic (exact) mass is 371 g/mol. The minimum absolute atomic E-state index is 0.279. The van der Waals surface area contributed by atoms with Gasteiger partial charge in [0.2, 0.25) is 5.91 Å². The third kappa shape index (κ3) is 4.61. The van der Waals surface area contributed by atoms with Crippen LogP contribution in [0.3, 0.4) is 0 Å². The maximum Gasteiger partial charge on any atom is 0.325 e. The molecule has 0 bridgehead atoms. The van der Waals surface area contributed by atoms with Crippen molar-refractivity contribution in [3.05, 3.63) is 33.8 Å². The fraction of sp³-hybridized carbons (Fsp3) is 0.438. The van der Waals surface area contributed by atoms with Crippen LogP contribution in [0.4, 0.5) is 4.79 Å². The van der Waals surface area contributed by atoms with Gasteiger partial charge < -0.3 is 10.6 Å². The van der Waals surface area contributed by atoms with Gasteiger partial charge in [-0.25, -0.2) is 4.79 Å². The first kappa shape index (κ1) is 18.5. The molecular weight excluding hydrogens is 353 g/mol. The van der Waals surface area contributed by atoms with Crippen LogP contribution in [-0.2, 0) is 16.0 Å². The number of nitrogens with zero attached hydrogens (tertiary/aromatic N) is 1. The second-order valence-corrected chi connectivity index (χ2v) is 6.39. The highest BCUT2D eigenvalue weighted by Crippen LogP contribution is 2.21. The third-order valence-electron chi connectivity index (χ3n) is 3.72. The van der Waals surface area contributed by atoms with Crippen LogP contribution in [0.2, 0.25) is 10.0 Å². The molecule has 0 aliphatic carbocycles. The zero-order valence-corrected chi connectivity index (χ0v) is 14.8. The summed E-state index contributed by atoms with van der Waals surface area (Å²) in [6.45, 7) is 2.00. The first-order chi connectivity index (χ1) is 11.4. The number of hydrogen-bond acceptors (Lipinski definition) is 3.